The molecule has 0 radical (unpaired) electrons. The lowest BCUT2D eigenvalue weighted by Gasteiger charge is -2.19. The van der Waals surface area contributed by atoms with E-state index in [4.69, 9.17) is 29.0 Å². The zero-order chi connectivity index (χ0) is 13.3. The van der Waals surface area contributed by atoms with Crippen LogP contribution in [0.1, 0.15) is 17.3 Å². The third kappa shape index (κ3) is 2.55. The highest BCUT2D eigenvalue weighted by molar-refractivity contribution is 9.10. The van der Waals surface area contributed by atoms with E-state index in [1.54, 1.807) is 24.0 Å². The van der Waals surface area contributed by atoms with E-state index in [1.807, 2.05) is 12.1 Å². The van der Waals surface area contributed by atoms with E-state index in [0.29, 0.717) is 10.0 Å². The molecule has 18 heavy (non-hydrogen) atoms. The first-order chi connectivity index (χ1) is 8.54. The molecule has 0 saturated carbocycles. The number of hydrogen-bond donors (Lipinski definition) is 2. The van der Waals surface area contributed by atoms with Gasteiger partial charge in [-0.2, -0.15) is 5.10 Å². The number of rotatable bonds is 3. The van der Waals surface area contributed by atoms with E-state index in [9.17, 15) is 0 Å². The van der Waals surface area contributed by atoms with Crippen LogP contribution >= 0.6 is 39.1 Å². The Kier molecular flexibility index (Phi) is 4.29. The van der Waals surface area contributed by atoms with Crippen molar-refractivity contribution in [3.8, 4) is 0 Å². The van der Waals surface area contributed by atoms with Crippen LogP contribution in [0.3, 0.4) is 0 Å². The number of aromatic nitrogens is 2. The third-order valence-corrected chi connectivity index (χ3v) is 3.78. The van der Waals surface area contributed by atoms with Gasteiger partial charge in [-0.15, -0.1) is 0 Å². The maximum Gasteiger partial charge on any atom is 0.0908 e. The van der Waals surface area contributed by atoms with E-state index in [0.717, 1.165) is 15.7 Å². The molecular formula is C11H11BrCl2N4. The van der Waals surface area contributed by atoms with E-state index < -0.39 is 0 Å². The van der Waals surface area contributed by atoms with Crippen molar-refractivity contribution >= 4 is 39.1 Å². The number of aryl methyl sites for hydroxylation is 1. The summed E-state index contributed by atoms with van der Waals surface area (Å²) < 4.78 is 2.59. The van der Waals surface area contributed by atoms with Crippen LogP contribution in [0.4, 0.5) is 0 Å². The molecule has 1 heterocycles. The molecule has 2 aromatic rings. The van der Waals surface area contributed by atoms with Gasteiger partial charge in [0.05, 0.1) is 23.0 Å². The summed E-state index contributed by atoms with van der Waals surface area (Å²) >= 11 is 15.7. The molecule has 0 amide bonds. The van der Waals surface area contributed by atoms with Gasteiger partial charge in [0, 0.05) is 16.5 Å². The van der Waals surface area contributed by atoms with Crippen LogP contribution < -0.4 is 11.3 Å². The number of nitrogens with zero attached hydrogens (tertiary/aromatic N) is 2. The van der Waals surface area contributed by atoms with Crippen molar-refractivity contribution < 1.29 is 0 Å². The fourth-order valence-corrected chi connectivity index (χ4v) is 2.68. The van der Waals surface area contributed by atoms with E-state index in [1.165, 1.54) is 0 Å². The number of nitrogens with one attached hydrogen (secondary N) is 1. The Morgan fingerprint density at radius 1 is 1.39 bits per heavy atom. The standard InChI is InChI=1S/C11H11BrCl2N4/c1-18-11(9(14)5-16-18)10(17-15)7-4-6(12)2-3-8(7)13/h2-5,10,17H,15H2,1H3. The minimum atomic E-state index is -0.324. The number of nitrogens with two attached hydrogens (primary N) is 1. The predicted molar refractivity (Wildman–Crippen MR) is 76.5 cm³/mol. The zero-order valence-corrected chi connectivity index (χ0v) is 12.6. The Balaban J connectivity index is 2.55. The van der Waals surface area contributed by atoms with Crippen molar-refractivity contribution in [1.82, 2.24) is 15.2 Å². The molecule has 0 aliphatic heterocycles. The molecule has 0 aliphatic rings. The molecule has 1 atom stereocenters. The molecule has 1 aromatic carbocycles. The Labute approximate surface area is 123 Å². The van der Waals surface area contributed by atoms with Crippen LogP contribution in [0.25, 0.3) is 0 Å². The predicted octanol–water partition coefficient (Wildman–Crippen LogP) is 3.04. The minimum absolute atomic E-state index is 0.324. The van der Waals surface area contributed by atoms with Gasteiger partial charge in [-0.3, -0.25) is 10.5 Å². The first kappa shape index (κ1) is 13.8. The Morgan fingerprint density at radius 2 is 2.11 bits per heavy atom. The van der Waals surface area contributed by atoms with Crippen LogP contribution in [0.5, 0.6) is 0 Å². The van der Waals surface area contributed by atoms with Gasteiger partial charge in [-0.25, -0.2) is 5.43 Å². The van der Waals surface area contributed by atoms with E-state index >= 15 is 0 Å². The fraction of sp³-hybridized carbons (Fsp3) is 0.182. The van der Waals surface area contributed by atoms with Crippen molar-refractivity contribution in [1.29, 1.82) is 0 Å². The normalized spacial score (nSPS) is 12.7. The summed E-state index contributed by atoms with van der Waals surface area (Å²) in [5.41, 5.74) is 4.32. The van der Waals surface area contributed by atoms with Crippen LogP contribution in [0.2, 0.25) is 10.0 Å². The van der Waals surface area contributed by atoms with Crippen molar-refractivity contribution in [2.75, 3.05) is 0 Å². The van der Waals surface area contributed by atoms with E-state index in [2.05, 4.69) is 26.5 Å². The van der Waals surface area contributed by atoms with Gasteiger partial charge in [0.25, 0.3) is 0 Å². The van der Waals surface area contributed by atoms with Crippen LogP contribution in [0, 0.1) is 0 Å². The molecule has 1 unspecified atom stereocenters. The molecule has 0 spiro atoms. The second-order valence-electron chi connectivity index (χ2n) is 3.77. The average molecular weight is 350 g/mol. The summed E-state index contributed by atoms with van der Waals surface area (Å²) in [4.78, 5) is 0. The lowest BCUT2D eigenvalue weighted by atomic mass is 10.0. The molecular weight excluding hydrogens is 339 g/mol. The van der Waals surface area contributed by atoms with E-state index in [-0.39, 0.29) is 6.04 Å². The fourth-order valence-electron chi connectivity index (χ4n) is 1.80. The molecule has 7 heteroatoms. The molecule has 2 rings (SSSR count). The van der Waals surface area contributed by atoms with Crippen LogP contribution in [-0.4, -0.2) is 9.78 Å². The first-order valence-corrected chi connectivity index (χ1v) is 6.68. The van der Waals surface area contributed by atoms with Crippen molar-refractivity contribution in [3.63, 3.8) is 0 Å². The lowest BCUT2D eigenvalue weighted by molar-refractivity contribution is 0.575. The molecule has 0 saturated heterocycles. The summed E-state index contributed by atoms with van der Waals surface area (Å²) in [6, 6.07) is 5.24. The maximum absolute atomic E-state index is 6.20. The Bertz CT molecular complexity index is 551. The van der Waals surface area contributed by atoms with Gasteiger partial charge in [0.2, 0.25) is 0 Å². The number of hydrogen-bond acceptors (Lipinski definition) is 3. The average Bonchev–Trinajstić information content (AvgIpc) is 2.66. The summed E-state index contributed by atoms with van der Waals surface area (Å²) in [7, 11) is 1.80. The molecule has 1 aromatic heterocycles. The number of halogens is 3. The van der Waals surface area contributed by atoms with Crippen LogP contribution in [-0.2, 0) is 7.05 Å². The molecule has 96 valence electrons. The van der Waals surface area contributed by atoms with Gasteiger partial charge >= 0.3 is 0 Å². The lowest BCUT2D eigenvalue weighted by Crippen LogP contribution is -2.30. The van der Waals surface area contributed by atoms with Gasteiger partial charge in [-0.05, 0) is 23.8 Å². The quantitative estimate of drug-likeness (QED) is 0.661. The van der Waals surface area contributed by atoms with Gasteiger partial charge in [0.15, 0.2) is 0 Å². The molecule has 0 aliphatic carbocycles. The molecule has 0 fully saturated rings. The second-order valence-corrected chi connectivity index (χ2v) is 5.50. The number of benzene rings is 1. The van der Waals surface area contributed by atoms with Gasteiger partial charge in [-0.1, -0.05) is 39.1 Å². The largest absolute Gasteiger partial charge is 0.271 e. The monoisotopic (exact) mass is 348 g/mol. The minimum Gasteiger partial charge on any atom is -0.271 e. The summed E-state index contributed by atoms with van der Waals surface area (Å²) in [6.07, 6.45) is 1.58. The molecule has 3 N–H and O–H groups in total. The van der Waals surface area contributed by atoms with Crippen molar-refractivity contribution in [2.45, 2.75) is 6.04 Å². The molecule has 0 bridgehead atoms. The van der Waals surface area contributed by atoms with Crippen LogP contribution in [0.15, 0.2) is 28.9 Å². The maximum atomic E-state index is 6.20. The van der Waals surface area contributed by atoms with Gasteiger partial charge < -0.3 is 0 Å². The Hall–Kier alpha value is -0.590. The topological polar surface area (TPSA) is 55.9 Å². The summed E-state index contributed by atoms with van der Waals surface area (Å²) in [5.74, 6) is 5.63. The second kappa shape index (κ2) is 5.59. The smallest absolute Gasteiger partial charge is 0.0908 e. The SMILES string of the molecule is Cn1ncc(Cl)c1C(NN)c1cc(Br)ccc1Cl. The van der Waals surface area contributed by atoms with Crippen molar-refractivity contribution in [3.05, 3.63) is 50.2 Å². The summed E-state index contributed by atoms with van der Waals surface area (Å²) in [5, 5.41) is 5.25. The highest BCUT2D eigenvalue weighted by Gasteiger charge is 2.22. The molecule has 4 nitrogen and oxygen atoms in total. The Morgan fingerprint density at radius 3 is 2.67 bits per heavy atom. The first-order valence-electron chi connectivity index (χ1n) is 5.13. The highest BCUT2D eigenvalue weighted by atomic mass is 79.9. The third-order valence-electron chi connectivity index (χ3n) is 2.65. The summed E-state index contributed by atoms with van der Waals surface area (Å²) in [6.45, 7) is 0. The highest BCUT2D eigenvalue weighted by Crippen LogP contribution is 2.33. The van der Waals surface area contributed by atoms with Crippen molar-refractivity contribution in [2.24, 2.45) is 12.9 Å². The zero-order valence-electron chi connectivity index (χ0n) is 9.49. The number of hydrazine groups is 1. The van der Waals surface area contributed by atoms with Gasteiger partial charge in [0.1, 0.15) is 0 Å².